The zero-order valence-electron chi connectivity index (χ0n) is 19.1. The second kappa shape index (κ2) is 11.2. The lowest BCUT2D eigenvalue weighted by molar-refractivity contribution is -0.157. The van der Waals surface area contributed by atoms with Crippen molar-refractivity contribution in [2.45, 2.75) is 23.1 Å². The summed E-state index contributed by atoms with van der Waals surface area (Å²) in [4.78, 5) is 48.7. The van der Waals surface area contributed by atoms with Crippen molar-refractivity contribution in [2.24, 2.45) is 10.6 Å². The number of hydrogen-bond acceptors (Lipinski definition) is 13. The Labute approximate surface area is 223 Å². The molecule has 3 atom stereocenters. The maximum Gasteiger partial charge on any atom is 0.313 e. The molecule has 37 heavy (non-hydrogen) atoms. The van der Waals surface area contributed by atoms with Gasteiger partial charge in [-0.2, -0.15) is 0 Å². The number of thioether (sulfide) groups is 2. The normalized spacial score (nSPS) is 22.9. The van der Waals surface area contributed by atoms with Crippen molar-refractivity contribution in [3.8, 4) is 12.3 Å². The van der Waals surface area contributed by atoms with Gasteiger partial charge in [0.05, 0.1) is 6.54 Å². The van der Waals surface area contributed by atoms with Gasteiger partial charge in [0.15, 0.2) is 17.5 Å². The molecule has 4 heterocycles. The minimum absolute atomic E-state index is 0.0178. The van der Waals surface area contributed by atoms with Crippen LogP contribution in [-0.2, 0) is 25.8 Å². The number of fused-ring (bicyclic) bond motifs is 1. The molecule has 0 saturated carbocycles. The standard InChI is InChI=1S/C20H21N9O5S3/c1-3-5-29-19(24-26-27-29)37-10-20(17(32)33)8-28-15(31)13(16(28)36-9-20)23-14(30)12(25-34-6-4-2)11-7-35-18(21)22-11/h2-3,7,13,16H,1,5-6,8-10H2,(H2,21,22)(H,23,30)(H,32,33)/t13?,16-,20?/m1/s1. The van der Waals surface area contributed by atoms with Crippen molar-refractivity contribution in [3.63, 3.8) is 0 Å². The molecule has 2 aliphatic rings. The van der Waals surface area contributed by atoms with Crippen LogP contribution in [0.2, 0.25) is 0 Å². The number of aromatic nitrogens is 5. The Bertz CT molecular complexity index is 1290. The van der Waals surface area contributed by atoms with Gasteiger partial charge in [0, 0.05) is 23.4 Å². The zero-order valence-corrected chi connectivity index (χ0v) is 21.6. The minimum Gasteiger partial charge on any atom is -0.481 e. The van der Waals surface area contributed by atoms with Crippen molar-refractivity contribution in [2.75, 3.05) is 30.4 Å². The van der Waals surface area contributed by atoms with Crippen LogP contribution in [0, 0.1) is 17.8 Å². The topological polar surface area (TPSA) is 191 Å². The molecule has 2 aliphatic heterocycles. The van der Waals surface area contributed by atoms with Gasteiger partial charge in [-0.15, -0.1) is 41.2 Å². The average molecular weight is 564 g/mol. The highest BCUT2D eigenvalue weighted by Crippen LogP contribution is 2.44. The number of nitrogen functional groups attached to an aromatic ring is 1. The third-order valence-corrected chi connectivity index (χ3v) is 8.96. The van der Waals surface area contributed by atoms with Crippen LogP contribution in [0.25, 0.3) is 0 Å². The third kappa shape index (κ3) is 5.40. The van der Waals surface area contributed by atoms with E-state index in [0.717, 1.165) is 11.3 Å². The van der Waals surface area contributed by atoms with E-state index in [-0.39, 0.29) is 41.2 Å². The molecule has 2 aromatic heterocycles. The second-order valence-corrected chi connectivity index (χ2v) is 10.9. The van der Waals surface area contributed by atoms with E-state index < -0.39 is 34.6 Å². The molecular weight excluding hydrogens is 542 g/mol. The highest BCUT2D eigenvalue weighted by Gasteiger charge is 2.57. The first-order valence-electron chi connectivity index (χ1n) is 10.6. The fourth-order valence-electron chi connectivity index (χ4n) is 3.59. The van der Waals surface area contributed by atoms with Crippen molar-refractivity contribution in [1.29, 1.82) is 0 Å². The average Bonchev–Trinajstić information content (AvgIpc) is 3.52. The number of terminal acetylenes is 1. The van der Waals surface area contributed by atoms with E-state index in [2.05, 4.69) is 43.5 Å². The first-order chi connectivity index (χ1) is 17.8. The number of carboxylic acid groups (broad SMARTS) is 1. The number of amides is 2. The van der Waals surface area contributed by atoms with E-state index in [1.54, 1.807) is 6.08 Å². The third-order valence-electron chi connectivity index (χ3n) is 5.45. The van der Waals surface area contributed by atoms with Gasteiger partial charge < -0.3 is 25.9 Å². The zero-order chi connectivity index (χ0) is 26.6. The fourth-order valence-corrected chi connectivity index (χ4v) is 6.89. The largest absolute Gasteiger partial charge is 0.481 e. The number of rotatable bonds is 11. The summed E-state index contributed by atoms with van der Waals surface area (Å²) in [5.74, 6) is 0.472. The Morgan fingerprint density at radius 2 is 2.35 bits per heavy atom. The Hall–Kier alpha value is -3.62. The van der Waals surface area contributed by atoms with E-state index in [0.29, 0.717) is 11.7 Å². The van der Waals surface area contributed by atoms with Gasteiger partial charge in [0.25, 0.3) is 5.91 Å². The van der Waals surface area contributed by atoms with E-state index in [9.17, 15) is 19.5 Å². The molecule has 2 saturated heterocycles. The Morgan fingerprint density at radius 1 is 1.54 bits per heavy atom. The molecular formula is C20H21N9O5S3. The molecule has 0 aromatic carbocycles. The molecule has 17 heteroatoms. The van der Waals surface area contributed by atoms with Crippen LogP contribution in [0.3, 0.4) is 0 Å². The van der Waals surface area contributed by atoms with Crippen LogP contribution in [0.15, 0.2) is 28.3 Å². The van der Waals surface area contributed by atoms with Crippen LogP contribution in [0.1, 0.15) is 5.69 Å². The molecule has 2 fully saturated rings. The van der Waals surface area contributed by atoms with Gasteiger partial charge in [-0.1, -0.05) is 28.9 Å². The number of nitrogens with one attached hydrogen (secondary N) is 1. The SMILES string of the molecule is C#CCON=C(C(=O)NC1C(=O)N2CC(CSc3nnnn3CC=C)(C(=O)O)CS[C@H]12)c1csc(N)n1. The maximum atomic E-state index is 13.0. The van der Waals surface area contributed by atoms with Crippen molar-refractivity contribution < 1.29 is 24.3 Å². The molecule has 0 radical (unpaired) electrons. The number of anilines is 1. The van der Waals surface area contributed by atoms with Gasteiger partial charge in [0.2, 0.25) is 11.1 Å². The number of β-lactam (4-membered cyclic amide) rings is 1. The number of carbonyl (C=O) groups excluding carboxylic acids is 2. The molecule has 4 rings (SSSR count). The van der Waals surface area contributed by atoms with Crippen molar-refractivity contribution in [3.05, 3.63) is 23.7 Å². The van der Waals surface area contributed by atoms with Crippen LogP contribution >= 0.6 is 34.9 Å². The predicted molar refractivity (Wildman–Crippen MR) is 137 cm³/mol. The lowest BCUT2D eigenvalue weighted by Gasteiger charge is -2.53. The van der Waals surface area contributed by atoms with Crippen molar-refractivity contribution in [1.82, 2.24) is 35.4 Å². The van der Waals surface area contributed by atoms with Crippen LogP contribution in [-0.4, -0.2) is 94.8 Å². The predicted octanol–water partition coefficient (Wildman–Crippen LogP) is -0.485. The molecule has 2 aromatic rings. The number of tetrazole rings is 1. The smallest absolute Gasteiger partial charge is 0.313 e. The van der Waals surface area contributed by atoms with Crippen LogP contribution < -0.4 is 11.1 Å². The molecule has 194 valence electrons. The van der Waals surface area contributed by atoms with Gasteiger partial charge >= 0.3 is 5.97 Å². The molecule has 14 nitrogen and oxygen atoms in total. The molecule has 0 bridgehead atoms. The summed E-state index contributed by atoms with van der Waals surface area (Å²) in [5, 5.41) is 29.6. The summed E-state index contributed by atoms with van der Waals surface area (Å²) in [6.45, 7) is 3.85. The number of aliphatic carboxylic acids is 1. The van der Waals surface area contributed by atoms with Gasteiger partial charge in [0.1, 0.15) is 22.5 Å². The Kier molecular flexibility index (Phi) is 8.00. The summed E-state index contributed by atoms with van der Waals surface area (Å²) in [6.07, 6.45) is 6.79. The van der Waals surface area contributed by atoms with Crippen LogP contribution in [0.5, 0.6) is 0 Å². The highest BCUT2D eigenvalue weighted by molar-refractivity contribution is 8.00. The Morgan fingerprint density at radius 3 is 3.03 bits per heavy atom. The summed E-state index contributed by atoms with van der Waals surface area (Å²) in [7, 11) is 0. The Balaban J connectivity index is 1.43. The second-order valence-electron chi connectivity index (χ2n) is 7.91. The van der Waals surface area contributed by atoms with Gasteiger partial charge in [-0.25, -0.2) is 9.67 Å². The van der Waals surface area contributed by atoms with E-state index in [1.165, 1.54) is 38.5 Å². The maximum absolute atomic E-state index is 13.0. The molecule has 2 unspecified atom stereocenters. The number of carbonyl (C=O) groups is 3. The molecule has 2 amide bonds. The number of thiazole rings is 1. The highest BCUT2D eigenvalue weighted by atomic mass is 32.2. The summed E-state index contributed by atoms with van der Waals surface area (Å²) in [6, 6.07) is -0.870. The number of nitrogens with two attached hydrogens (primary N) is 1. The fraction of sp³-hybridized carbons (Fsp3) is 0.400. The quantitative estimate of drug-likeness (QED) is 0.0606. The first-order valence-corrected chi connectivity index (χ1v) is 13.5. The lowest BCUT2D eigenvalue weighted by Crippen LogP contribution is -2.74. The van der Waals surface area contributed by atoms with Crippen LogP contribution in [0.4, 0.5) is 5.13 Å². The number of oxime groups is 1. The number of hydrogen-bond donors (Lipinski definition) is 3. The number of nitrogens with zero attached hydrogens (tertiary/aromatic N) is 7. The van der Waals surface area contributed by atoms with E-state index >= 15 is 0 Å². The van der Waals surface area contributed by atoms with E-state index in [4.69, 9.17) is 17.0 Å². The summed E-state index contributed by atoms with van der Waals surface area (Å²) < 4.78 is 1.51. The summed E-state index contributed by atoms with van der Waals surface area (Å²) >= 11 is 3.59. The first kappa shape index (κ1) is 26.4. The number of allylic oxidation sites excluding steroid dienone is 1. The molecule has 0 aliphatic carbocycles. The lowest BCUT2D eigenvalue weighted by atomic mass is 9.89. The monoisotopic (exact) mass is 563 g/mol. The molecule has 4 N–H and O–H groups in total. The summed E-state index contributed by atoms with van der Waals surface area (Å²) in [5.41, 5.74) is 4.44. The van der Waals surface area contributed by atoms with E-state index in [1.807, 2.05) is 0 Å². The van der Waals surface area contributed by atoms with Crippen molar-refractivity contribution >= 4 is 63.5 Å². The van der Waals surface area contributed by atoms with Gasteiger partial charge in [-0.05, 0) is 10.4 Å². The minimum atomic E-state index is -1.23. The molecule has 0 spiro atoms. The van der Waals surface area contributed by atoms with Gasteiger partial charge in [-0.3, -0.25) is 14.4 Å². The number of carboxylic acids is 1.